The predicted octanol–water partition coefficient (Wildman–Crippen LogP) is 2.13. The monoisotopic (exact) mass is 230 g/mol. The molecule has 1 aromatic carbocycles. The number of rotatable bonds is 5. The summed E-state index contributed by atoms with van der Waals surface area (Å²) in [5.41, 5.74) is 1.06. The first-order valence-corrected chi connectivity index (χ1v) is 5.28. The van der Waals surface area contributed by atoms with E-state index in [2.05, 4.69) is 10.2 Å². The van der Waals surface area contributed by atoms with Crippen LogP contribution >= 0.6 is 11.6 Å². The SMILES string of the molecule is CNCN(C)CCc1ccc(F)c(Cl)c1. The van der Waals surface area contributed by atoms with Crippen molar-refractivity contribution < 1.29 is 4.39 Å². The van der Waals surface area contributed by atoms with Gasteiger partial charge in [-0.15, -0.1) is 0 Å². The van der Waals surface area contributed by atoms with Crippen LogP contribution in [0.1, 0.15) is 5.56 Å². The van der Waals surface area contributed by atoms with E-state index in [0.29, 0.717) is 0 Å². The van der Waals surface area contributed by atoms with E-state index in [1.165, 1.54) is 6.07 Å². The van der Waals surface area contributed by atoms with E-state index in [-0.39, 0.29) is 10.8 Å². The van der Waals surface area contributed by atoms with Crippen molar-refractivity contribution in [3.63, 3.8) is 0 Å². The van der Waals surface area contributed by atoms with E-state index in [0.717, 1.165) is 25.2 Å². The molecule has 0 amide bonds. The first kappa shape index (κ1) is 12.4. The first-order valence-electron chi connectivity index (χ1n) is 4.90. The molecular formula is C11H16ClFN2. The number of benzene rings is 1. The van der Waals surface area contributed by atoms with Crippen molar-refractivity contribution in [2.24, 2.45) is 0 Å². The van der Waals surface area contributed by atoms with Crippen molar-refractivity contribution in [2.75, 3.05) is 27.3 Å². The van der Waals surface area contributed by atoms with Crippen LogP contribution in [0, 0.1) is 5.82 Å². The van der Waals surface area contributed by atoms with Gasteiger partial charge in [0.1, 0.15) is 5.82 Å². The molecule has 1 N–H and O–H groups in total. The number of hydrogen-bond donors (Lipinski definition) is 1. The average Bonchev–Trinajstić information content (AvgIpc) is 2.20. The Morgan fingerprint density at radius 3 is 2.80 bits per heavy atom. The lowest BCUT2D eigenvalue weighted by molar-refractivity contribution is 0.321. The fraction of sp³-hybridized carbons (Fsp3) is 0.455. The number of halogens is 2. The van der Waals surface area contributed by atoms with Gasteiger partial charge in [-0.2, -0.15) is 0 Å². The highest BCUT2D eigenvalue weighted by atomic mass is 35.5. The van der Waals surface area contributed by atoms with E-state index in [1.54, 1.807) is 12.1 Å². The smallest absolute Gasteiger partial charge is 0.141 e. The minimum Gasteiger partial charge on any atom is -0.307 e. The maximum atomic E-state index is 12.9. The zero-order chi connectivity index (χ0) is 11.3. The van der Waals surface area contributed by atoms with Gasteiger partial charge in [0.05, 0.1) is 5.02 Å². The average molecular weight is 231 g/mol. The number of nitrogens with zero attached hydrogens (tertiary/aromatic N) is 1. The van der Waals surface area contributed by atoms with Gasteiger partial charge >= 0.3 is 0 Å². The Labute approximate surface area is 95.0 Å². The summed E-state index contributed by atoms with van der Waals surface area (Å²) >= 11 is 5.69. The summed E-state index contributed by atoms with van der Waals surface area (Å²) in [6.45, 7) is 1.76. The summed E-state index contributed by atoms with van der Waals surface area (Å²) < 4.78 is 12.9. The first-order chi connectivity index (χ1) is 7.13. The Morgan fingerprint density at radius 2 is 2.20 bits per heavy atom. The third-order valence-electron chi connectivity index (χ3n) is 2.19. The molecule has 0 aliphatic heterocycles. The zero-order valence-electron chi connectivity index (χ0n) is 9.06. The molecule has 2 nitrogen and oxygen atoms in total. The zero-order valence-corrected chi connectivity index (χ0v) is 9.81. The van der Waals surface area contributed by atoms with Gasteiger partial charge in [0, 0.05) is 13.2 Å². The van der Waals surface area contributed by atoms with Gasteiger partial charge in [-0.05, 0) is 38.2 Å². The third-order valence-corrected chi connectivity index (χ3v) is 2.48. The molecule has 0 unspecified atom stereocenters. The molecule has 1 rings (SSSR count). The standard InChI is InChI=1S/C11H16ClFN2/c1-14-8-15(2)6-5-9-3-4-11(13)10(12)7-9/h3-4,7,14H,5-6,8H2,1-2H3. The van der Waals surface area contributed by atoms with Crippen molar-refractivity contribution in [3.05, 3.63) is 34.6 Å². The Bertz CT molecular complexity index is 317. The van der Waals surface area contributed by atoms with Gasteiger partial charge in [-0.25, -0.2) is 4.39 Å². The second-order valence-corrected chi connectivity index (χ2v) is 4.00. The minimum atomic E-state index is -0.357. The lowest BCUT2D eigenvalue weighted by Crippen LogP contribution is -2.30. The van der Waals surface area contributed by atoms with Crippen LogP contribution in [-0.4, -0.2) is 32.2 Å². The highest BCUT2D eigenvalue weighted by Crippen LogP contribution is 2.16. The van der Waals surface area contributed by atoms with Crippen LogP contribution < -0.4 is 5.32 Å². The van der Waals surface area contributed by atoms with Crippen molar-refractivity contribution >= 4 is 11.6 Å². The van der Waals surface area contributed by atoms with Crippen LogP contribution in [-0.2, 0) is 6.42 Å². The maximum Gasteiger partial charge on any atom is 0.141 e. The van der Waals surface area contributed by atoms with Crippen LogP contribution in [0.5, 0.6) is 0 Å². The van der Waals surface area contributed by atoms with Crippen LogP contribution in [0.25, 0.3) is 0 Å². The molecule has 0 fully saturated rings. The molecule has 0 bridgehead atoms. The molecule has 4 heteroatoms. The molecule has 84 valence electrons. The van der Waals surface area contributed by atoms with Crippen LogP contribution in [0.3, 0.4) is 0 Å². The lowest BCUT2D eigenvalue weighted by atomic mass is 10.1. The van der Waals surface area contributed by atoms with Crippen LogP contribution in [0.4, 0.5) is 4.39 Å². The fourth-order valence-electron chi connectivity index (χ4n) is 1.36. The van der Waals surface area contributed by atoms with E-state index < -0.39 is 0 Å². The largest absolute Gasteiger partial charge is 0.307 e. The highest BCUT2D eigenvalue weighted by Gasteiger charge is 2.02. The van der Waals surface area contributed by atoms with Crippen molar-refractivity contribution in [2.45, 2.75) is 6.42 Å². The quantitative estimate of drug-likeness (QED) is 0.780. The normalized spacial score (nSPS) is 11.0. The predicted molar refractivity (Wildman–Crippen MR) is 61.7 cm³/mol. The number of nitrogens with one attached hydrogen (secondary N) is 1. The third kappa shape index (κ3) is 4.16. The van der Waals surface area contributed by atoms with Gasteiger partial charge in [0.15, 0.2) is 0 Å². The van der Waals surface area contributed by atoms with Crippen molar-refractivity contribution in [1.82, 2.24) is 10.2 Å². The molecule has 0 saturated carbocycles. The Hall–Kier alpha value is -0.640. The molecule has 0 aliphatic rings. The lowest BCUT2D eigenvalue weighted by Gasteiger charge is -2.15. The van der Waals surface area contributed by atoms with Crippen molar-refractivity contribution in [1.29, 1.82) is 0 Å². The van der Waals surface area contributed by atoms with Crippen LogP contribution in [0.2, 0.25) is 5.02 Å². The highest BCUT2D eigenvalue weighted by molar-refractivity contribution is 6.30. The second-order valence-electron chi connectivity index (χ2n) is 3.59. The van der Waals surface area contributed by atoms with E-state index in [1.807, 2.05) is 14.1 Å². The molecule has 0 saturated heterocycles. The molecule has 0 aromatic heterocycles. The van der Waals surface area contributed by atoms with Gasteiger partial charge in [0.2, 0.25) is 0 Å². The van der Waals surface area contributed by atoms with Gasteiger partial charge in [-0.1, -0.05) is 17.7 Å². The van der Waals surface area contributed by atoms with E-state index in [4.69, 9.17) is 11.6 Å². The summed E-state index contributed by atoms with van der Waals surface area (Å²) in [5, 5.41) is 3.26. The van der Waals surface area contributed by atoms with E-state index in [9.17, 15) is 4.39 Å². The van der Waals surface area contributed by atoms with Crippen molar-refractivity contribution in [3.8, 4) is 0 Å². The maximum absolute atomic E-state index is 12.9. The number of likely N-dealkylation sites (N-methyl/N-ethyl adjacent to an activating group) is 1. The molecule has 15 heavy (non-hydrogen) atoms. The number of hydrogen-bond acceptors (Lipinski definition) is 2. The Balaban J connectivity index is 2.47. The fourth-order valence-corrected chi connectivity index (χ4v) is 1.57. The molecule has 1 aromatic rings. The summed E-state index contributed by atoms with van der Waals surface area (Å²) in [5.74, 6) is -0.357. The molecule has 0 heterocycles. The Kier molecular flexibility index (Phi) is 5.02. The summed E-state index contributed by atoms with van der Waals surface area (Å²) in [7, 11) is 3.94. The van der Waals surface area contributed by atoms with Gasteiger partial charge < -0.3 is 5.32 Å². The molecule has 0 aliphatic carbocycles. The van der Waals surface area contributed by atoms with Gasteiger partial charge in [0.25, 0.3) is 0 Å². The minimum absolute atomic E-state index is 0.198. The second kappa shape index (κ2) is 6.05. The molecular weight excluding hydrogens is 215 g/mol. The molecule has 0 atom stereocenters. The van der Waals surface area contributed by atoms with Gasteiger partial charge in [-0.3, -0.25) is 4.90 Å². The topological polar surface area (TPSA) is 15.3 Å². The summed E-state index contributed by atoms with van der Waals surface area (Å²) in [6.07, 6.45) is 0.873. The van der Waals surface area contributed by atoms with E-state index >= 15 is 0 Å². The van der Waals surface area contributed by atoms with Crippen LogP contribution in [0.15, 0.2) is 18.2 Å². The molecule has 0 spiro atoms. The Morgan fingerprint density at radius 1 is 1.47 bits per heavy atom. The molecule has 0 radical (unpaired) electrons. The summed E-state index contributed by atoms with van der Waals surface area (Å²) in [4.78, 5) is 2.15. The summed E-state index contributed by atoms with van der Waals surface area (Å²) in [6, 6.07) is 4.87.